The molecule has 1 fully saturated rings. The number of nitrogens with one attached hydrogen (secondary N) is 1. The Bertz CT molecular complexity index is 706. The van der Waals surface area contributed by atoms with Crippen LogP contribution in [-0.4, -0.2) is 46.6 Å². The SMILES string of the molecule is CCn1c(SCC(=O)NC2CC2)nnc1-c1ccc(N(C)C)cc1. The quantitative estimate of drug-likeness (QED) is 0.781. The van der Waals surface area contributed by atoms with Crippen LogP contribution >= 0.6 is 11.8 Å². The highest BCUT2D eigenvalue weighted by Crippen LogP contribution is 2.26. The highest BCUT2D eigenvalue weighted by Gasteiger charge is 2.23. The van der Waals surface area contributed by atoms with Gasteiger partial charge in [0.05, 0.1) is 5.75 Å². The number of thioether (sulfide) groups is 1. The molecule has 0 radical (unpaired) electrons. The van der Waals surface area contributed by atoms with E-state index in [1.54, 1.807) is 0 Å². The molecule has 1 aliphatic carbocycles. The molecule has 0 bridgehead atoms. The molecule has 24 heavy (non-hydrogen) atoms. The van der Waals surface area contributed by atoms with Gasteiger partial charge in [0.1, 0.15) is 0 Å². The lowest BCUT2D eigenvalue weighted by molar-refractivity contribution is -0.118. The summed E-state index contributed by atoms with van der Waals surface area (Å²) >= 11 is 1.44. The zero-order valence-corrected chi connectivity index (χ0v) is 15.1. The molecule has 1 aromatic carbocycles. The fourth-order valence-corrected chi connectivity index (χ4v) is 3.24. The first-order chi connectivity index (χ1) is 11.6. The minimum atomic E-state index is 0.0741. The fourth-order valence-electron chi connectivity index (χ4n) is 2.43. The molecule has 3 rings (SSSR count). The van der Waals surface area contributed by atoms with Crippen molar-refractivity contribution < 1.29 is 4.79 Å². The van der Waals surface area contributed by atoms with Crippen LogP contribution in [0.1, 0.15) is 19.8 Å². The summed E-state index contributed by atoms with van der Waals surface area (Å²) in [6.07, 6.45) is 2.21. The lowest BCUT2D eigenvalue weighted by atomic mass is 10.2. The average Bonchev–Trinajstić information content (AvgIpc) is 3.29. The molecule has 128 valence electrons. The summed E-state index contributed by atoms with van der Waals surface area (Å²) in [4.78, 5) is 13.9. The maximum absolute atomic E-state index is 11.9. The van der Waals surface area contributed by atoms with Crippen LogP contribution in [0.25, 0.3) is 11.4 Å². The summed E-state index contributed by atoms with van der Waals surface area (Å²) in [5.41, 5.74) is 2.18. The van der Waals surface area contributed by atoms with Crippen molar-refractivity contribution in [2.75, 3.05) is 24.7 Å². The summed E-state index contributed by atoms with van der Waals surface area (Å²) < 4.78 is 2.06. The topological polar surface area (TPSA) is 63.1 Å². The van der Waals surface area contributed by atoms with Crippen LogP contribution in [0.15, 0.2) is 29.4 Å². The number of benzene rings is 1. The van der Waals surface area contributed by atoms with Gasteiger partial charge in [0.15, 0.2) is 11.0 Å². The molecule has 1 aliphatic rings. The molecule has 0 atom stereocenters. The maximum Gasteiger partial charge on any atom is 0.230 e. The lowest BCUT2D eigenvalue weighted by Gasteiger charge is -2.13. The summed E-state index contributed by atoms with van der Waals surface area (Å²) in [5, 5.41) is 12.4. The summed E-state index contributed by atoms with van der Waals surface area (Å²) in [5.74, 6) is 1.30. The third-order valence-corrected chi connectivity index (χ3v) is 4.92. The molecule has 0 aliphatic heterocycles. The molecular weight excluding hydrogens is 322 g/mol. The Morgan fingerprint density at radius 2 is 2.00 bits per heavy atom. The molecule has 0 saturated heterocycles. The van der Waals surface area contributed by atoms with Gasteiger partial charge in [0, 0.05) is 37.9 Å². The Morgan fingerprint density at radius 3 is 2.58 bits per heavy atom. The van der Waals surface area contributed by atoms with Gasteiger partial charge in [0.25, 0.3) is 0 Å². The van der Waals surface area contributed by atoms with E-state index in [4.69, 9.17) is 0 Å². The van der Waals surface area contributed by atoms with Gasteiger partial charge in [-0.05, 0) is 44.0 Å². The van der Waals surface area contributed by atoms with E-state index in [9.17, 15) is 4.79 Å². The summed E-state index contributed by atoms with van der Waals surface area (Å²) in [6, 6.07) is 8.65. The smallest absolute Gasteiger partial charge is 0.230 e. The highest BCUT2D eigenvalue weighted by atomic mass is 32.2. The first kappa shape index (κ1) is 16.8. The summed E-state index contributed by atoms with van der Waals surface area (Å²) in [6.45, 7) is 2.83. The van der Waals surface area contributed by atoms with E-state index in [1.807, 2.05) is 14.1 Å². The van der Waals surface area contributed by atoms with Gasteiger partial charge in [-0.2, -0.15) is 0 Å². The largest absolute Gasteiger partial charge is 0.378 e. The number of carbonyl (C=O) groups is 1. The molecule has 2 aromatic rings. The third kappa shape index (κ3) is 3.90. The Morgan fingerprint density at radius 1 is 1.29 bits per heavy atom. The number of amides is 1. The van der Waals surface area contributed by atoms with Crippen molar-refractivity contribution in [3.63, 3.8) is 0 Å². The molecule has 0 spiro atoms. The number of hydrogen-bond acceptors (Lipinski definition) is 5. The van der Waals surface area contributed by atoms with Gasteiger partial charge in [0.2, 0.25) is 5.91 Å². The van der Waals surface area contributed by atoms with E-state index in [0.717, 1.165) is 41.6 Å². The predicted molar refractivity (Wildman–Crippen MR) is 97.3 cm³/mol. The first-order valence-corrected chi connectivity index (χ1v) is 9.20. The fraction of sp³-hybridized carbons (Fsp3) is 0.471. The monoisotopic (exact) mass is 345 g/mol. The lowest BCUT2D eigenvalue weighted by Crippen LogP contribution is -2.27. The maximum atomic E-state index is 11.9. The molecule has 1 N–H and O–H groups in total. The normalized spacial score (nSPS) is 13.8. The highest BCUT2D eigenvalue weighted by molar-refractivity contribution is 7.99. The van der Waals surface area contributed by atoms with Crippen LogP contribution in [-0.2, 0) is 11.3 Å². The van der Waals surface area contributed by atoms with E-state index < -0.39 is 0 Å². The van der Waals surface area contributed by atoms with Gasteiger partial charge >= 0.3 is 0 Å². The van der Waals surface area contributed by atoms with Crippen molar-refractivity contribution >= 4 is 23.4 Å². The van der Waals surface area contributed by atoms with Crippen LogP contribution in [0.3, 0.4) is 0 Å². The molecule has 7 heteroatoms. The van der Waals surface area contributed by atoms with Crippen LogP contribution in [0.5, 0.6) is 0 Å². The van der Waals surface area contributed by atoms with Crippen LogP contribution in [0.4, 0.5) is 5.69 Å². The van der Waals surface area contributed by atoms with E-state index in [2.05, 4.69) is 56.2 Å². The zero-order valence-electron chi connectivity index (χ0n) is 14.3. The minimum absolute atomic E-state index is 0.0741. The summed E-state index contributed by atoms with van der Waals surface area (Å²) in [7, 11) is 4.04. The predicted octanol–water partition coefficient (Wildman–Crippen LogP) is 2.40. The standard InChI is InChI=1S/C17H23N5OS/c1-4-22-16(12-5-9-14(10-6-12)21(2)3)19-20-17(22)24-11-15(23)18-13-7-8-13/h5-6,9-10,13H,4,7-8,11H2,1-3H3,(H,18,23). The number of aromatic nitrogens is 3. The molecule has 0 unspecified atom stereocenters. The molecule has 1 saturated carbocycles. The van der Waals surface area contributed by atoms with E-state index in [1.165, 1.54) is 11.8 Å². The van der Waals surface area contributed by atoms with Gasteiger partial charge in [-0.1, -0.05) is 11.8 Å². The molecule has 1 amide bonds. The van der Waals surface area contributed by atoms with Crippen molar-refractivity contribution in [2.24, 2.45) is 0 Å². The second kappa shape index (κ2) is 7.25. The number of hydrogen-bond donors (Lipinski definition) is 1. The van der Waals surface area contributed by atoms with Crippen LogP contribution in [0, 0.1) is 0 Å². The van der Waals surface area contributed by atoms with E-state index in [0.29, 0.717) is 11.8 Å². The van der Waals surface area contributed by atoms with Crippen molar-refractivity contribution in [1.29, 1.82) is 0 Å². The molecular formula is C17H23N5OS. The minimum Gasteiger partial charge on any atom is -0.378 e. The van der Waals surface area contributed by atoms with Gasteiger partial charge in [-0.15, -0.1) is 10.2 Å². The van der Waals surface area contributed by atoms with Crippen molar-refractivity contribution in [1.82, 2.24) is 20.1 Å². The second-order valence-corrected chi connectivity index (χ2v) is 7.06. The number of rotatable bonds is 7. The van der Waals surface area contributed by atoms with Crippen molar-refractivity contribution in [3.05, 3.63) is 24.3 Å². The van der Waals surface area contributed by atoms with Crippen LogP contribution < -0.4 is 10.2 Å². The molecule has 1 aromatic heterocycles. The van der Waals surface area contributed by atoms with E-state index in [-0.39, 0.29) is 5.91 Å². The number of nitrogens with zero attached hydrogens (tertiary/aromatic N) is 4. The Balaban J connectivity index is 1.72. The number of anilines is 1. The van der Waals surface area contributed by atoms with Gasteiger partial charge in [-0.25, -0.2) is 0 Å². The number of carbonyl (C=O) groups excluding carboxylic acids is 1. The third-order valence-electron chi connectivity index (χ3n) is 3.95. The Kier molecular flexibility index (Phi) is 5.08. The van der Waals surface area contributed by atoms with Gasteiger partial charge in [-0.3, -0.25) is 4.79 Å². The first-order valence-electron chi connectivity index (χ1n) is 8.21. The van der Waals surface area contributed by atoms with Crippen LogP contribution in [0.2, 0.25) is 0 Å². The molecule has 1 heterocycles. The zero-order chi connectivity index (χ0) is 17.1. The second-order valence-electron chi connectivity index (χ2n) is 6.12. The Labute approximate surface area is 146 Å². The average molecular weight is 345 g/mol. The van der Waals surface area contributed by atoms with Crippen molar-refractivity contribution in [2.45, 2.75) is 37.5 Å². The van der Waals surface area contributed by atoms with Gasteiger partial charge < -0.3 is 14.8 Å². The molecule has 6 nitrogen and oxygen atoms in total. The van der Waals surface area contributed by atoms with Crippen molar-refractivity contribution in [3.8, 4) is 11.4 Å². The Hall–Kier alpha value is -2.02. The van der Waals surface area contributed by atoms with E-state index >= 15 is 0 Å².